The van der Waals surface area contributed by atoms with Gasteiger partial charge in [0, 0.05) is 19.2 Å². The number of rotatable bonds is 4. The molecule has 140 valence electrons. The molecule has 0 radical (unpaired) electrons. The Morgan fingerprint density at radius 1 is 1.26 bits per heavy atom. The topological polar surface area (TPSA) is 71.0 Å². The van der Waals surface area contributed by atoms with Gasteiger partial charge in [0.25, 0.3) is 0 Å². The Balaban J connectivity index is 1.80. The van der Waals surface area contributed by atoms with Gasteiger partial charge in [-0.05, 0) is 36.4 Å². The Morgan fingerprint density at radius 3 is 2.67 bits per heavy atom. The number of hydrogen-bond donors (Lipinski definition) is 1. The van der Waals surface area contributed by atoms with Crippen molar-refractivity contribution in [3.05, 3.63) is 54.3 Å². The zero-order chi connectivity index (χ0) is 19.4. The number of thioether (sulfide) groups is 1. The molecular formula is C19H18FN3O3S. The number of carbonyl (C=O) groups excluding carboxylic acids is 2. The standard InChI is InChI=1S/C19H18FN3O3S/c1-23-17(24)11-16(18(25)21-13-9-7-12(20)8-10-13)27-19(23)22-14-5-3-4-6-15(14)26-2/h3-10,16H,11H2,1-2H3,(H,21,25)/t16-/m1/s1. The molecule has 2 amide bonds. The summed E-state index contributed by atoms with van der Waals surface area (Å²) in [5.41, 5.74) is 1.04. The molecule has 0 aliphatic carbocycles. The molecule has 0 aromatic heterocycles. The highest BCUT2D eigenvalue weighted by atomic mass is 32.2. The second kappa shape index (κ2) is 8.22. The first-order valence-electron chi connectivity index (χ1n) is 8.19. The molecule has 1 saturated heterocycles. The van der Waals surface area contributed by atoms with E-state index in [0.29, 0.717) is 22.3 Å². The first-order valence-corrected chi connectivity index (χ1v) is 9.07. The minimum atomic E-state index is -0.632. The van der Waals surface area contributed by atoms with E-state index in [9.17, 15) is 14.0 Å². The van der Waals surface area contributed by atoms with Crippen LogP contribution < -0.4 is 10.1 Å². The molecule has 2 aromatic carbocycles. The predicted octanol–water partition coefficient (Wildman–Crippen LogP) is 3.42. The minimum Gasteiger partial charge on any atom is -0.494 e. The van der Waals surface area contributed by atoms with Crippen LogP contribution in [0.25, 0.3) is 0 Å². The van der Waals surface area contributed by atoms with Gasteiger partial charge in [-0.1, -0.05) is 23.9 Å². The summed E-state index contributed by atoms with van der Waals surface area (Å²) in [7, 11) is 3.17. The summed E-state index contributed by atoms with van der Waals surface area (Å²) in [6, 6.07) is 12.6. The maximum absolute atomic E-state index is 13.0. The fourth-order valence-corrected chi connectivity index (χ4v) is 3.54. The summed E-state index contributed by atoms with van der Waals surface area (Å²) in [4.78, 5) is 30.8. The van der Waals surface area contributed by atoms with Gasteiger partial charge in [-0.25, -0.2) is 9.38 Å². The number of anilines is 1. The van der Waals surface area contributed by atoms with Crippen LogP contribution >= 0.6 is 11.8 Å². The van der Waals surface area contributed by atoms with E-state index in [1.54, 1.807) is 26.3 Å². The van der Waals surface area contributed by atoms with E-state index in [2.05, 4.69) is 10.3 Å². The number of benzene rings is 2. The van der Waals surface area contributed by atoms with Crippen molar-refractivity contribution < 1.29 is 18.7 Å². The third-order valence-corrected chi connectivity index (χ3v) is 5.22. The number of hydrogen-bond acceptors (Lipinski definition) is 5. The number of carbonyl (C=O) groups is 2. The van der Waals surface area contributed by atoms with Crippen LogP contribution in [0.15, 0.2) is 53.5 Å². The highest BCUT2D eigenvalue weighted by Crippen LogP contribution is 2.32. The molecule has 8 heteroatoms. The molecule has 1 heterocycles. The maximum atomic E-state index is 13.0. The van der Waals surface area contributed by atoms with E-state index in [-0.39, 0.29) is 24.1 Å². The van der Waals surface area contributed by atoms with Crippen LogP contribution in [0.5, 0.6) is 5.75 Å². The number of aliphatic imine (C=N–C) groups is 1. The van der Waals surface area contributed by atoms with E-state index in [0.717, 1.165) is 0 Å². The van der Waals surface area contributed by atoms with Crippen molar-refractivity contribution in [2.24, 2.45) is 4.99 Å². The van der Waals surface area contributed by atoms with Gasteiger partial charge in [-0.2, -0.15) is 0 Å². The largest absolute Gasteiger partial charge is 0.494 e. The molecule has 27 heavy (non-hydrogen) atoms. The Kier molecular flexibility index (Phi) is 5.75. The van der Waals surface area contributed by atoms with Crippen LogP contribution in [-0.2, 0) is 9.59 Å². The van der Waals surface area contributed by atoms with Gasteiger partial charge in [0.15, 0.2) is 5.17 Å². The summed E-state index contributed by atoms with van der Waals surface area (Å²) >= 11 is 1.20. The Labute approximate surface area is 160 Å². The molecule has 1 atom stereocenters. The van der Waals surface area contributed by atoms with E-state index in [1.165, 1.54) is 40.9 Å². The molecule has 0 bridgehead atoms. The highest BCUT2D eigenvalue weighted by Gasteiger charge is 2.34. The molecule has 1 aliphatic rings. The van der Waals surface area contributed by atoms with Gasteiger partial charge in [0.1, 0.15) is 22.5 Å². The van der Waals surface area contributed by atoms with E-state index in [4.69, 9.17) is 4.74 Å². The van der Waals surface area contributed by atoms with E-state index in [1.807, 2.05) is 12.1 Å². The lowest BCUT2D eigenvalue weighted by Gasteiger charge is -2.29. The van der Waals surface area contributed by atoms with Crippen molar-refractivity contribution in [3.63, 3.8) is 0 Å². The summed E-state index contributed by atoms with van der Waals surface area (Å²) in [5.74, 6) is -0.352. The third kappa shape index (κ3) is 4.46. The van der Waals surface area contributed by atoms with E-state index < -0.39 is 5.25 Å². The van der Waals surface area contributed by atoms with Crippen molar-refractivity contribution in [3.8, 4) is 5.75 Å². The average Bonchev–Trinajstić information content (AvgIpc) is 2.67. The fraction of sp³-hybridized carbons (Fsp3) is 0.211. The first-order chi connectivity index (χ1) is 13.0. The summed E-state index contributed by atoms with van der Waals surface area (Å²) in [6.07, 6.45) is 0.0547. The minimum absolute atomic E-state index is 0.0547. The quantitative estimate of drug-likeness (QED) is 0.873. The lowest BCUT2D eigenvalue weighted by Crippen LogP contribution is -2.43. The number of halogens is 1. The molecule has 0 unspecified atom stereocenters. The van der Waals surface area contributed by atoms with Crippen LogP contribution in [0, 0.1) is 5.82 Å². The summed E-state index contributed by atoms with van der Waals surface area (Å²) in [6.45, 7) is 0. The number of amidine groups is 1. The smallest absolute Gasteiger partial charge is 0.238 e. The van der Waals surface area contributed by atoms with Crippen LogP contribution in [0.1, 0.15) is 6.42 Å². The van der Waals surface area contributed by atoms with Crippen LogP contribution in [0.4, 0.5) is 15.8 Å². The number of para-hydroxylation sites is 2. The fourth-order valence-electron chi connectivity index (χ4n) is 2.48. The van der Waals surface area contributed by atoms with Crippen LogP contribution in [-0.4, -0.2) is 41.3 Å². The lowest BCUT2D eigenvalue weighted by atomic mass is 10.2. The Hall–Kier alpha value is -2.87. The van der Waals surface area contributed by atoms with Gasteiger partial charge in [-0.15, -0.1) is 0 Å². The molecular weight excluding hydrogens is 369 g/mol. The number of ether oxygens (including phenoxy) is 1. The van der Waals surface area contributed by atoms with Gasteiger partial charge >= 0.3 is 0 Å². The monoisotopic (exact) mass is 387 g/mol. The normalized spacial score (nSPS) is 18.5. The molecule has 6 nitrogen and oxygen atoms in total. The molecule has 3 rings (SSSR count). The number of nitrogens with one attached hydrogen (secondary N) is 1. The first kappa shape index (κ1) is 18.9. The van der Waals surface area contributed by atoms with Crippen molar-refractivity contribution in [1.29, 1.82) is 0 Å². The number of methoxy groups -OCH3 is 1. The molecule has 1 N–H and O–H groups in total. The molecule has 1 fully saturated rings. The van der Waals surface area contributed by atoms with Crippen molar-refractivity contribution in [2.45, 2.75) is 11.7 Å². The Morgan fingerprint density at radius 2 is 1.96 bits per heavy atom. The molecule has 1 aliphatic heterocycles. The lowest BCUT2D eigenvalue weighted by molar-refractivity contribution is -0.128. The highest BCUT2D eigenvalue weighted by molar-refractivity contribution is 8.15. The third-order valence-electron chi connectivity index (χ3n) is 3.97. The van der Waals surface area contributed by atoms with Crippen LogP contribution in [0.2, 0.25) is 0 Å². The molecule has 0 spiro atoms. The Bertz CT molecular complexity index is 886. The second-order valence-electron chi connectivity index (χ2n) is 5.83. The average molecular weight is 387 g/mol. The zero-order valence-corrected chi connectivity index (χ0v) is 15.6. The van der Waals surface area contributed by atoms with Gasteiger partial charge < -0.3 is 10.1 Å². The van der Waals surface area contributed by atoms with Crippen LogP contribution in [0.3, 0.4) is 0 Å². The second-order valence-corrected chi connectivity index (χ2v) is 7.00. The molecule has 2 aromatic rings. The summed E-state index contributed by atoms with van der Waals surface area (Å²) in [5, 5.41) is 2.48. The van der Waals surface area contributed by atoms with Crippen molar-refractivity contribution in [2.75, 3.05) is 19.5 Å². The predicted molar refractivity (Wildman–Crippen MR) is 104 cm³/mol. The zero-order valence-electron chi connectivity index (χ0n) is 14.8. The number of nitrogens with zero attached hydrogens (tertiary/aromatic N) is 2. The van der Waals surface area contributed by atoms with Crippen molar-refractivity contribution in [1.82, 2.24) is 4.90 Å². The maximum Gasteiger partial charge on any atom is 0.238 e. The van der Waals surface area contributed by atoms with Crippen molar-refractivity contribution >= 4 is 40.1 Å². The molecule has 0 saturated carbocycles. The van der Waals surface area contributed by atoms with E-state index >= 15 is 0 Å². The summed E-state index contributed by atoms with van der Waals surface area (Å²) < 4.78 is 18.3. The van der Waals surface area contributed by atoms with Gasteiger partial charge in [0.2, 0.25) is 11.8 Å². The van der Waals surface area contributed by atoms with Gasteiger partial charge in [-0.3, -0.25) is 14.5 Å². The SMILES string of the molecule is COc1ccccc1N=C1S[C@@H](C(=O)Nc2ccc(F)cc2)CC(=O)N1C. The number of amides is 2. The van der Waals surface area contributed by atoms with Gasteiger partial charge in [0.05, 0.1) is 7.11 Å².